The van der Waals surface area contributed by atoms with Gasteiger partial charge in [-0.2, -0.15) is 8.42 Å². The number of aryl methyl sites for hydroxylation is 1. The Morgan fingerprint density at radius 3 is 2.78 bits per heavy atom. The monoisotopic (exact) mass is 338 g/mol. The molecule has 0 bridgehead atoms. The fourth-order valence-corrected chi connectivity index (χ4v) is 3.83. The van der Waals surface area contributed by atoms with Crippen molar-refractivity contribution in [1.29, 1.82) is 0 Å². The van der Waals surface area contributed by atoms with Crippen LogP contribution in [-0.2, 0) is 28.4 Å². The van der Waals surface area contributed by atoms with Gasteiger partial charge in [0, 0.05) is 25.7 Å². The summed E-state index contributed by atoms with van der Waals surface area (Å²) < 4.78 is 29.6. The number of nitrogens with two attached hydrogens (primary N) is 1. The van der Waals surface area contributed by atoms with E-state index in [0.717, 1.165) is 0 Å². The summed E-state index contributed by atoms with van der Waals surface area (Å²) in [5, 5.41) is 7.92. The van der Waals surface area contributed by atoms with Crippen molar-refractivity contribution >= 4 is 15.9 Å². The molecule has 0 spiro atoms. The molecule has 1 fully saturated rings. The summed E-state index contributed by atoms with van der Waals surface area (Å²) in [5.41, 5.74) is 6.16. The summed E-state index contributed by atoms with van der Waals surface area (Å²) in [6, 6.07) is 3.11. The Kier molecular flexibility index (Phi) is 3.94. The Bertz CT molecular complexity index is 818. The van der Waals surface area contributed by atoms with Crippen molar-refractivity contribution in [2.45, 2.75) is 30.5 Å². The number of sulfonamides is 1. The molecule has 10 heteroatoms. The van der Waals surface area contributed by atoms with Crippen molar-refractivity contribution in [3.63, 3.8) is 0 Å². The van der Waals surface area contributed by atoms with Gasteiger partial charge in [0.25, 0.3) is 10.0 Å². The lowest BCUT2D eigenvalue weighted by Gasteiger charge is -2.33. The minimum Gasteiger partial charge on any atom is -0.340 e. The number of amides is 1. The molecule has 1 saturated carbocycles. The molecule has 2 aromatic heterocycles. The summed E-state index contributed by atoms with van der Waals surface area (Å²) in [6.45, 7) is 0.311. The second kappa shape index (κ2) is 5.78. The molecule has 0 radical (unpaired) electrons. The Labute approximate surface area is 133 Å². The molecule has 2 heterocycles. The predicted octanol–water partition coefficient (Wildman–Crippen LogP) is -0.468. The van der Waals surface area contributed by atoms with Crippen LogP contribution >= 0.6 is 0 Å². The molecule has 0 atom stereocenters. The van der Waals surface area contributed by atoms with Crippen LogP contribution in [0.1, 0.15) is 24.6 Å². The zero-order chi connectivity index (χ0) is 16.6. The average Bonchev–Trinajstić information content (AvgIpc) is 3.05. The lowest BCUT2D eigenvalue weighted by Crippen LogP contribution is -2.42. The zero-order valence-electron chi connectivity index (χ0n) is 12.6. The summed E-state index contributed by atoms with van der Waals surface area (Å²) in [6.07, 6.45) is 4.42. The fourth-order valence-electron chi connectivity index (χ4n) is 2.60. The third-order valence-corrected chi connectivity index (χ3v) is 5.48. The van der Waals surface area contributed by atoms with Crippen molar-refractivity contribution < 1.29 is 13.2 Å². The van der Waals surface area contributed by atoms with Crippen molar-refractivity contribution in [2.75, 3.05) is 0 Å². The van der Waals surface area contributed by atoms with E-state index in [0.29, 0.717) is 25.1 Å². The van der Waals surface area contributed by atoms with Gasteiger partial charge in [-0.1, -0.05) is 5.21 Å². The van der Waals surface area contributed by atoms with Gasteiger partial charge >= 0.3 is 0 Å². The number of carbonyl (C=O) groups excluding carboxylic acids is 1. The highest BCUT2D eigenvalue weighted by Crippen LogP contribution is 2.37. The van der Waals surface area contributed by atoms with Gasteiger partial charge in [-0.3, -0.25) is 4.79 Å². The molecule has 0 aliphatic heterocycles. The van der Waals surface area contributed by atoms with E-state index in [1.54, 1.807) is 30.2 Å². The predicted molar refractivity (Wildman–Crippen MR) is 80.4 cm³/mol. The van der Waals surface area contributed by atoms with Crippen LogP contribution in [0.3, 0.4) is 0 Å². The molecule has 0 saturated heterocycles. The van der Waals surface area contributed by atoms with Crippen LogP contribution in [0.25, 0.3) is 0 Å². The van der Waals surface area contributed by atoms with Crippen molar-refractivity contribution in [1.82, 2.24) is 24.3 Å². The normalized spacial score (nSPS) is 21.0. The summed E-state index contributed by atoms with van der Waals surface area (Å²) in [4.78, 5) is 12.1. The third kappa shape index (κ3) is 2.99. The SMILES string of the molecule is Cn1cccc1S(=O)(=O)NC(=O)C1CC(n2cc(CN)nn2)C1. The van der Waals surface area contributed by atoms with Crippen LogP contribution in [-0.4, -0.2) is 33.9 Å². The van der Waals surface area contributed by atoms with Crippen molar-refractivity contribution in [2.24, 2.45) is 18.7 Å². The molecule has 0 unspecified atom stereocenters. The van der Waals surface area contributed by atoms with E-state index in [1.807, 2.05) is 0 Å². The number of nitrogens with zero attached hydrogens (tertiary/aromatic N) is 4. The molecular formula is C13H18N6O3S. The van der Waals surface area contributed by atoms with Crippen LogP contribution < -0.4 is 10.5 Å². The quantitative estimate of drug-likeness (QED) is 0.759. The van der Waals surface area contributed by atoms with Gasteiger partial charge in [0.15, 0.2) is 5.03 Å². The summed E-state index contributed by atoms with van der Waals surface area (Å²) >= 11 is 0. The van der Waals surface area contributed by atoms with Crippen LogP contribution in [0.5, 0.6) is 0 Å². The number of hydrogen-bond acceptors (Lipinski definition) is 6. The Hall–Kier alpha value is -2.20. The number of carbonyl (C=O) groups is 1. The highest BCUT2D eigenvalue weighted by Gasteiger charge is 2.38. The van der Waals surface area contributed by atoms with Crippen LogP contribution in [0.15, 0.2) is 29.6 Å². The molecular weight excluding hydrogens is 320 g/mol. The van der Waals surface area contributed by atoms with Gasteiger partial charge in [0.2, 0.25) is 5.91 Å². The second-order valence-electron chi connectivity index (χ2n) is 5.64. The topological polar surface area (TPSA) is 125 Å². The molecule has 3 N–H and O–H groups in total. The lowest BCUT2D eigenvalue weighted by molar-refractivity contribution is -0.127. The van der Waals surface area contributed by atoms with E-state index in [1.165, 1.54) is 10.6 Å². The Balaban J connectivity index is 1.60. The number of nitrogens with one attached hydrogen (secondary N) is 1. The van der Waals surface area contributed by atoms with Crippen LogP contribution in [0.4, 0.5) is 0 Å². The summed E-state index contributed by atoms with van der Waals surface area (Å²) in [7, 11) is -2.23. The van der Waals surface area contributed by atoms with Gasteiger partial charge in [-0.25, -0.2) is 9.40 Å². The fraction of sp³-hybridized carbons (Fsp3) is 0.462. The smallest absolute Gasteiger partial charge is 0.279 e. The van der Waals surface area contributed by atoms with Gasteiger partial charge in [-0.05, 0) is 25.0 Å². The standard InChI is InChI=1S/C13H18N6O3S/c1-18-4-2-3-12(18)23(21,22)16-13(20)9-5-11(6-9)19-8-10(7-14)15-17-19/h2-4,8-9,11H,5-7,14H2,1H3,(H,16,20). The lowest BCUT2D eigenvalue weighted by atomic mass is 9.80. The minimum atomic E-state index is -3.84. The number of rotatable bonds is 5. The highest BCUT2D eigenvalue weighted by atomic mass is 32.2. The Morgan fingerprint density at radius 2 is 2.22 bits per heavy atom. The maximum absolute atomic E-state index is 12.2. The summed E-state index contributed by atoms with van der Waals surface area (Å²) in [5.74, 6) is -0.831. The molecule has 124 valence electrons. The first kappa shape index (κ1) is 15.7. The first-order valence-electron chi connectivity index (χ1n) is 7.19. The van der Waals surface area contributed by atoms with E-state index in [9.17, 15) is 13.2 Å². The van der Waals surface area contributed by atoms with E-state index in [4.69, 9.17) is 5.73 Å². The van der Waals surface area contributed by atoms with Gasteiger partial charge in [0.1, 0.15) is 0 Å². The second-order valence-corrected chi connectivity index (χ2v) is 7.27. The molecule has 0 aromatic carbocycles. The van der Waals surface area contributed by atoms with Crippen LogP contribution in [0, 0.1) is 5.92 Å². The van der Waals surface area contributed by atoms with Gasteiger partial charge < -0.3 is 10.3 Å². The van der Waals surface area contributed by atoms with E-state index in [2.05, 4.69) is 15.0 Å². The minimum absolute atomic E-state index is 0.0521. The molecule has 1 aliphatic carbocycles. The first-order chi connectivity index (χ1) is 10.9. The van der Waals surface area contributed by atoms with E-state index in [-0.39, 0.29) is 17.0 Å². The van der Waals surface area contributed by atoms with E-state index >= 15 is 0 Å². The number of hydrogen-bond donors (Lipinski definition) is 2. The molecule has 3 rings (SSSR count). The maximum Gasteiger partial charge on any atom is 0.279 e. The van der Waals surface area contributed by atoms with E-state index < -0.39 is 15.9 Å². The zero-order valence-corrected chi connectivity index (χ0v) is 13.4. The largest absolute Gasteiger partial charge is 0.340 e. The molecule has 1 aliphatic rings. The first-order valence-corrected chi connectivity index (χ1v) is 8.68. The molecule has 23 heavy (non-hydrogen) atoms. The highest BCUT2D eigenvalue weighted by molar-refractivity contribution is 7.90. The van der Waals surface area contributed by atoms with Gasteiger partial charge in [0.05, 0.1) is 17.9 Å². The molecule has 9 nitrogen and oxygen atoms in total. The Morgan fingerprint density at radius 1 is 1.48 bits per heavy atom. The van der Waals surface area contributed by atoms with Crippen molar-refractivity contribution in [3.05, 3.63) is 30.2 Å². The van der Waals surface area contributed by atoms with Gasteiger partial charge in [-0.15, -0.1) is 5.10 Å². The maximum atomic E-state index is 12.2. The molecule has 2 aromatic rings. The van der Waals surface area contributed by atoms with Crippen molar-refractivity contribution in [3.8, 4) is 0 Å². The average molecular weight is 338 g/mol. The third-order valence-electron chi connectivity index (χ3n) is 4.03. The number of aromatic nitrogens is 4. The molecule has 1 amide bonds. The van der Waals surface area contributed by atoms with Crippen LogP contribution in [0.2, 0.25) is 0 Å².